The first-order valence-corrected chi connectivity index (χ1v) is 12.3. The number of thiazole rings is 1. The molecule has 12 heteroatoms. The third-order valence-electron chi connectivity index (χ3n) is 4.94. The number of amides is 1. The number of halogens is 1. The molecule has 0 aliphatic heterocycles. The molecule has 1 saturated carbocycles. The SMILES string of the molecule is CC(C)Cc1nc2cc(-c3ncn[nH]3)ncc2[nH]1.NC(=O)c1ncc(Cl)s1.OC1CCCCC1. The predicted octanol–water partition coefficient (Wildman–Crippen LogP) is 4.15. The van der Waals surface area contributed by atoms with E-state index in [9.17, 15) is 4.79 Å². The summed E-state index contributed by atoms with van der Waals surface area (Å²) in [7, 11) is 0. The van der Waals surface area contributed by atoms with Crippen LogP contribution in [0.4, 0.5) is 0 Å². The zero-order valence-electron chi connectivity index (χ0n) is 19.2. The number of pyridine rings is 1. The van der Waals surface area contributed by atoms with Crippen molar-refractivity contribution in [2.45, 2.75) is 58.5 Å². The molecule has 1 amide bonds. The number of rotatable bonds is 4. The molecule has 0 atom stereocenters. The van der Waals surface area contributed by atoms with Crippen molar-refractivity contribution in [3.05, 3.63) is 40.0 Å². The minimum atomic E-state index is -0.535. The van der Waals surface area contributed by atoms with E-state index in [1.165, 1.54) is 31.8 Å². The maximum absolute atomic E-state index is 10.3. The topological polar surface area (TPSA) is 159 Å². The van der Waals surface area contributed by atoms with Crippen LogP contribution in [0.2, 0.25) is 4.34 Å². The highest BCUT2D eigenvalue weighted by atomic mass is 35.5. The van der Waals surface area contributed by atoms with Crippen LogP contribution in [0.5, 0.6) is 0 Å². The van der Waals surface area contributed by atoms with Crippen LogP contribution in [-0.4, -0.2) is 52.2 Å². The lowest BCUT2D eigenvalue weighted by Gasteiger charge is -2.14. The van der Waals surface area contributed by atoms with E-state index >= 15 is 0 Å². The smallest absolute Gasteiger partial charge is 0.277 e. The number of aliphatic hydroxyl groups excluding tert-OH is 1. The number of aliphatic hydroxyl groups is 1. The van der Waals surface area contributed by atoms with Crippen LogP contribution in [-0.2, 0) is 6.42 Å². The zero-order chi connectivity index (χ0) is 24.5. The number of imidazole rings is 1. The lowest BCUT2D eigenvalue weighted by Crippen LogP contribution is -2.09. The second-order valence-corrected chi connectivity index (χ2v) is 9.99. The Hall–Kier alpha value is -2.89. The Labute approximate surface area is 206 Å². The molecular formula is C22H29ClN8O2S. The summed E-state index contributed by atoms with van der Waals surface area (Å²) in [5, 5.41) is 15.8. The molecular weight excluding hydrogens is 476 g/mol. The van der Waals surface area contributed by atoms with Gasteiger partial charge in [-0.05, 0) is 24.8 Å². The Morgan fingerprint density at radius 1 is 1.24 bits per heavy atom. The summed E-state index contributed by atoms with van der Waals surface area (Å²) < 4.78 is 0.476. The Morgan fingerprint density at radius 2 is 2.00 bits per heavy atom. The van der Waals surface area contributed by atoms with Gasteiger partial charge in [0.05, 0.1) is 29.5 Å². The lowest BCUT2D eigenvalue weighted by molar-refractivity contribution is 0.1000. The Balaban J connectivity index is 0.000000168. The van der Waals surface area contributed by atoms with Gasteiger partial charge < -0.3 is 15.8 Å². The fourth-order valence-corrected chi connectivity index (χ4v) is 4.12. The summed E-state index contributed by atoms with van der Waals surface area (Å²) >= 11 is 6.53. The summed E-state index contributed by atoms with van der Waals surface area (Å²) in [6.45, 7) is 4.34. The monoisotopic (exact) mass is 504 g/mol. The number of carbonyl (C=O) groups excluding carboxylic acids is 1. The third kappa shape index (κ3) is 7.86. The number of hydrogen-bond donors (Lipinski definition) is 4. The number of aromatic nitrogens is 7. The molecule has 0 spiro atoms. The molecule has 182 valence electrons. The highest BCUT2D eigenvalue weighted by Gasteiger charge is 2.09. The molecule has 0 aromatic carbocycles. The van der Waals surface area contributed by atoms with Crippen molar-refractivity contribution in [1.29, 1.82) is 0 Å². The molecule has 0 saturated heterocycles. The molecule has 10 nitrogen and oxygen atoms in total. The number of hydrogen-bond acceptors (Lipinski definition) is 8. The number of fused-ring (bicyclic) bond motifs is 1. The Morgan fingerprint density at radius 3 is 2.50 bits per heavy atom. The molecule has 0 unspecified atom stereocenters. The van der Waals surface area contributed by atoms with E-state index in [1.54, 1.807) is 6.20 Å². The van der Waals surface area contributed by atoms with Crippen molar-refractivity contribution in [3.8, 4) is 11.5 Å². The highest BCUT2D eigenvalue weighted by molar-refractivity contribution is 7.17. The first-order valence-electron chi connectivity index (χ1n) is 11.1. The normalized spacial score (nSPS) is 13.8. The highest BCUT2D eigenvalue weighted by Crippen LogP contribution is 2.19. The molecule has 4 aromatic heterocycles. The van der Waals surface area contributed by atoms with E-state index < -0.39 is 5.91 Å². The second kappa shape index (κ2) is 12.5. The van der Waals surface area contributed by atoms with Gasteiger partial charge in [0.1, 0.15) is 22.2 Å². The van der Waals surface area contributed by atoms with E-state index in [-0.39, 0.29) is 11.1 Å². The molecule has 34 heavy (non-hydrogen) atoms. The van der Waals surface area contributed by atoms with E-state index in [0.29, 0.717) is 16.1 Å². The fraction of sp³-hybridized carbons (Fsp3) is 0.455. The maximum atomic E-state index is 10.3. The number of aromatic amines is 2. The van der Waals surface area contributed by atoms with Crippen molar-refractivity contribution < 1.29 is 9.90 Å². The van der Waals surface area contributed by atoms with Gasteiger partial charge in [0, 0.05) is 6.42 Å². The number of nitrogens with two attached hydrogens (primary N) is 1. The van der Waals surface area contributed by atoms with Crippen LogP contribution in [0.1, 0.15) is 61.6 Å². The van der Waals surface area contributed by atoms with Gasteiger partial charge in [-0.3, -0.25) is 14.9 Å². The molecule has 5 N–H and O–H groups in total. The molecule has 5 rings (SSSR count). The van der Waals surface area contributed by atoms with Crippen molar-refractivity contribution in [2.75, 3.05) is 0 Å². The summed E-state index contributed by atoms with van der Waals surface area (Å²) in [4.78, 5) is 30.2. The minimum Gasteiger partial charge on any atom is -0.393 e. The molecule has 4 aromatic rings. The molecule has 4 heterocycles. The number of nitrogens with zero attached hydrogens (tertiary/aromatic N) is 5. The van der Waals surface area contributed by atoms with Crippen LogP contribution >= 0.6 is 22.9 Å². The average Bonchev–Trinajstić information content (AvgIpc) is 3.55. The van der Waals surface area contributed by atoms with Crippen molar-refractivity contribution in [3.63, 3.8) is 0 Å². The van der Waals surface area contributed by atoms with Gasteiger partial charge in [-0.25, -0.2) is 15.0 Å². The second-order valence-electron chi connectivity index (χ2n) is 8.33. The Bertz CT molecular complexity index is 1170. The van der Waals surface area contributed by atoms with Crippen molar-refractivity contribution in [2.24, 2.45) is 11.7 Å². The van der Waals surface area contributed by atoms with Crippen molar-refractivity contribution >= 4 is 39.9 Å². The van der Waals surface area contributed by atoms with Crippen LogP contribution in [0.15, 0.2) is 24.8 Å². The van der Waals surface area contributed by atoms with Gasteiger partial charge in [0.2, 0.25) is 0 Å². The summed E-state index contributed by atoms with van der Waals surface area (Å²) in [6, 6.07) is 1.91. The van der Waals surface area contributed by atoms with Gasteiger partial charge in [-0.1, -0.05) is 56.0 Å². The molecule has 0 radical (unpaired) electrons. The predicted molar refractivity (Wildman–Crippen MR) is 133 cm³/mol. The van der Waals surface area contributed by atoms with Gasteiger partial charge in [0.15, 0.2) is 10.8 Å². The fourth-order valence-electron chi connectivity index (χ4n) is 3.35. The van der Waals surface area contributed by atoms with Crippen LogP contribution in [0.3, 0.4) is 0 Å². The van der Waals surface area contributed by atoms with Gasteiger partial charge in [-0.2, -0.15) is 5.10 Å². The molecule has 1 aliphatic rings. The quantitative estimate of drug-likeness (QED) is 0.324. The summed E-state index contributed by atoms with van der Waals surface area (Å²) in [6.07, 6.45) is 11.5. The maximum Gasteiger partial charge on any atom is 0.277 e. The number of carbonyl (C=O) groups is 1. The number of primary amides is 1. The van der Waals surface area contributed by atoms with Gasteiger partial charge in [-0.15, -0.1) is 0 Å². The van der Waals surface area contributed by atoms with Crippen LogP contribution in [0.25, 0.3) is 22.6 Å². The number of H-pyrrole nitrogens is 2. The molecule has 0 bridgehead atoms. The summed E-state index contributed by atoms with van der Waals surface area (Å²) in [5.41, 5.74) is 7.49. The van der Waals surface area contributed by atoms with Crippen molar-refractivity contribution in [1.82, 2.24) is 35.1 Å². The van der Waals surface area contributed by atoms with Gasteiger partial charge in [0.25, 0.3) is 5.91 Å². The largest absolute Gasteiger partial charge is 0.393 e. The third-order valence-corrected chi connectivity index (χ3v) is 6.07. The Kier molecular flexibility index (Phi) is 9.49. The van der Waals surface area contributed by atoms with E-state index in [0.717, 1.165) is 53.2 Å². The van der Waals surface area contributed by atoms with E-state index in [1.807, 2.05) is 6.07 Å². The van der Waals surface area contributed by atoms with Crippen LogP contribution in [0, 0.1) is 5.92 Å². The zero-order valence-corrected chi connectivity index (χ0v) is 20.7. The van der Waals surface area contributed by atoms with Gasteiger partial charge >= 0.3 is 0 Å². The first kappa shape index (κ1) is 25.7. The molecule has 1 fully saturated rings. The summed E-state index contributed by atoms with van der Waals surface area (Å²) in [5.74, 6) is 1.70. The standard InChI is InChI=1S/C12H14N6.C6H12O.C4H3ClN2OS/c1-7(2)3-11-16-8-4-9(12-14-6-15-18-12)13-5-10(8)17-11;7-6-4-2-1-3-5-6;5-2-1-7-4(9-2)3(6)8/h4-7H,3H2,1-2H3,(H,16,17)(H,14,15,18);6-7H,1-5H2;1H,(H2,6,8). The van der Waals surface area contributed by atoms with Crippen LogP contribution < -0.4 is 5.73 Å². The first-order chi connectivity index (χ1) is 16.3. The lowest BCUT2D eigenvalue weighted by atomic mass is 9.98. The minimum absolute atomic E-state index is 0.0359. The number of nitrogens with one attached hydrogen (secondary N) is 2. The van der Waals surface area contributed by atoms with E-state index in [2.05, 4.69) is 49.0 Å². The average molecular weight is 505 g/mol. The molecule has 1 aliphatic carbocycles. The van der Waals surface area contributed by atoms with E-state index in [4.69, 9.17) is 22.4 Å².